The Labute approximate surface area is 143 Å². The van der Waals surface area contributed by atoms with E-state index in [-0.39, 0.29) is 21.8 Å². The van der Waals surface area contributed by atoms with E-state index in [1.807, 2.05) is 0 Å². The summed E-state index contributed by atoms with van der Waals surface area (Å²) in [5.41, 5.74) is 0.582. The third-order valence-corrected chi connectivity index (χ3v) is 4.35. The predicted octanol–water partition coefficient (Wildman–Crippen LogP) is 1.59. The summed E-state index contributed by atoms with van der Waals surface area (Å²) in [5, 5.41) is 27.8. The first-order valence-electron chi connectivity index (χ1n) is 7.06. The molecule has 0 aliphatic heterocycles. The van der Waals surface area contributed by atoms with Gasteiger partial charge in [-0.15, -0.1) is 0 Å². The van der Waals surface area contributed by atoms with Crippen LogP contribution in [0, 0.1) is 10.1 Å². The Hall–Kier alpha value is -2.98. The van der Waals surface area contributed by atoms with Crippen LogP contribution in [0.5, 0.6) is 0 Å². The lowest BCUT2D eigenvalue weighted by Gasteiger charge is -2.10. The Bertz CT molecular complexity index is 909. The van der Waals surface area contributed by atoms with Gasteiger partial charge in [0.25, 0.3) is 5.69 Å². The van der Waals surface area contributed by atoms with E-state index in [4.69, 9.17) is 10.2 Å². The second kappa shape index (κ2) is 7.28. The van der Waals surface area contributed by atoms with Gasteiger partial charge in [-0.3, -0.25) is 10.1 Å². The third kappa shape index (κ3) is 4.75. The number of nitrogens with two attached hydrogens (primary N) is 1. The molecule has 9 nitrogen and oxygen atoms in total. The molecule has 25 heavy (non-hydrogen) atoms. The van der Waals surface area contributed by atoms with Crippen molar-refractivity contribution >= 4 is 27.4 Å². The van der Waals surface area contributed by atoms with Crippen LogP contribution in [0.15, 0.2) is 47.4 Å². The maximum atomic E-state index is 11.2. The van der Waals surface area contributed by atoms with Gasteiger partial charge in [0, 0.05) is 24.4 Å². The number of hydrogen-bond acceptors (Lipinski definition) is 6. The fourth-order valence-electron chi connectivity index (χ4n) is 2.16. The number of non-ortho nitro benzene ring substituents is 1. The van der Waals surface area contributed by atoms with E-state index in [0.29, 0.717) is 13.0 Å². The van der Waals surface area contributed by atoms with E-state index in [2.05, 4.69) is 5.32 Å². The van der Waals surface area contributed by atoms with Gasteiger partial charge < -0.3 is 10.4 Å². The summed E-state index contributed by atoms with van der Waals surface area (Å²) in [6, 6.07) is 9.54. The second-order valence-electron chi connectivity index (χ2n) is 5.16. The van der Waals surface area contributed by atoms with Crippen molar-refractivity contribution in [1.82, 2.24) is 0 Å². The number of carbonyl (C=O) groups is 1. The average Bonchev–Trinajstić information content (AvgIpc) is 2.54. The van der Waals surface area contributed by atoms with Crippen LogP contribution in [-0.4, -0.2) is 31.0 Å². The molecular formula is C15H15N3O6S. The minimum absolute atomic E-state index is 0.00717. The number of carboxylic acid groups (broad SMARTS) is 1. The number of primary sulfonamides is 1. The molecular weight excluding hydrogens is 350 g/mol. The zero-order valence-corrected chi connectivity index (χ0v) is 13.7. The first-order chi connectivity index (χ1) is 11.7. The number of benzene rings is 2. The molecule has 2 rings (SSSR count). The Morgan fingerprint density at radius 1 is 1.20 bits per heavy atom. The molecule has 0 aliphatic rings. The summed E-state index contributed by atoms with van der Waals surface area (Å²) in [7, 11) is -3.75. The van der Waals surface area contributed by atoms with Gasteiger partial charge >= 0.3 is 5.97 Å². The van der Waals surface area contributed by atoms with Gasteiger partial charge in [-0.2, -0.15) is 0 Å². The number of aromatic carboxylic acids is 1. The van der Waals surface area contributed by atoms with Crippen LogP contribution in [0.4, 0.5) is 11.4 Å². The minimum Gasteiger partial charge on any atom is -0.478 e. The first kappa shape index (κ1) is 18.4. The number of hydrogen-bond donors (Lipinski definition) is 3. The normalized spacial score (nSPS) is 11.1. The molecule has 0 atom stereocenters. The van der Waals surface area contributed by atoms with E-state index in [9.17, 15) is 23.3 Å². The van der Waals surface area contributed by atoms with Crippen molar-refractivity contribution in [2.24, 2.45) is 5.14 Å². The van der Waals surface area contributed by atoms with Gasteiger partial charge in [-0.25, -0.2) is 18.4 Å². The molecule has 0 radical (unpaired) electrons. The van der Waals surface area contributed by atoms with Gasteiger partial charge in [-0.1, -0.05) is 12.1 Å². The Balaban J connectivity index is 2.06. The molecule has 2 aromatic carbocycles. The zero-order valence-electron chi connectivity index (χ0n) is 12.9. The number of anilines is 1. The molecule has 0 heterocycles. The lowest BCUT2D eigenvalue weighted by molar-refractivity contribution is -0.384. The highest BCUT2D eigenvalue weighted by atomic mass is 32.2. The van der Waals surface area contributed by atoms with Gasteiger partial charge in [0.2, 0.25) is 10.0 Å². The van der Waals surface area contributed by atoms with Gasteiger partial charge in [0.05, 0.1) is 15.4 Å². The number of nitrogens with one attached hydrogen (secondary N) is 1. The number of nitro benzene ring substituents is 1. The summed E-state index contributed by atoms with van der Waals surface area (Å²) in [4.78, 5) is 21.3. The summed E-state index contributed by atoms with van der Waals surface area (Å²) < 4.78 is 22.4. The molecule has 0 fully saturated rings. The Morgan fingerprint density at radius 2 is 1.84 bits per heavy atom. The van der Waals surface area contributed by atoms with Crippen molar-refractivity contribution in [2.75, 3.05) is 11.9 Å². The van der Waals surface area contributed by atoms with Crippen LogP contribution in [0.1, 0.15) is 15.9 Å². The molecule has 0 aliphatic carbocycles. The van der Waals surface area contributed by atoms with Crippen molar-refractivity contribution in [3.63, 3.8) is 0 Å². The van der Waals surface area contributed by atoms with Crippen LogP contribution in [0.25, 0.3) is 0 Å². The van der Waals surface area contributed by atoms with Crippen molar-refractivity contribution in [3.05, 3.63) is 63.7 Å². The van der Waals surface area contributed by atoms with E-state index < -0.39 is 20.9 Å². The van der Waals surface area contributed by atoms with Crippen molar-refractivity contribution in [3.8, 4) is 0 Å². The average molecular weight is 365 g/mol. The fraction of sp³-hybridized carbons (Fsp3) is 0.133. The van der Waals surface area contributed by atoms with Gasteiger partial charge in [0.1, 0.15) is 0 Å². The Kier molecular flexibility index (Phi) is 5.35. The van der Waals surface area contributed by atoms with E-state index >= 15 is 0 Å². The molecule has 0 saturated carbocycles. The molecule has 10 heteroatoms. The van der Waals surface area contributed by atoms with Crippen LogP contribution < -0.4 is 10.5 Å². The standard InChI is InChI=1S/C15H15N3O6S/c16-25(23,24)12-4-1-10(2-5-12)7-8-17-14-6-3-11(18(21)22)9-13(14)15(19)20/h1-6,9,17H,7-8H2,(H,19,20)(H2,16,23,24). The lowest BCUT2D eigenvalue weighted by Crippen LogP contribution is -2.12. The highest BCUT2D eigenvalue weighted by molar-refractivity contribution is 7.89. The van der Waals surface area contributed by atoms with Crippen molar-refractivity contribution < 1.29 is 23.2 Å². The highest BCUT2D eigenvalue weighted by Crippen LogP contribution is 2.22. The van der Waals surface area contributed by atoms with E-state index in [0.717, 1.165) is 11.6 Å². The molecule has 0 amide bonds. The lowest BCUT2D eigenvalue weighted by atomic mass is 10.1. The molecule has 0 aromatic heterocycles. The molecule has 0 bridgehead atoms. The maximum Gasteiger partial charge on any atom is 0.338 e. The number of sulfonamides is 1. The van der Waals surface area contributed by atoms with Gasteiger partial charge in [-0.05, 0) is 30.2 Å². The number of nitro groups is 1. The minimum atomic E-state index is -3.75. The van der Waals surface area contributed by atoms with Crippen molar-refractivity contribution in [2.45, 2.75) is 11.3 Å². The highest BCUT2D eigenvalue weighted by Gasteiger charge is 2.15. The van der Waals surface area contributed by atoms with Crippen LogP contribution in [0.3, 0.4) is 0 Å². The van der Waals surface area contributed by atoms with Gasteiger partial charge in [0.15, 0.2) is 0 Å². The zero-order chi connectivity index (χ0) is 18.6. The quantitative estimate of drug-likeness (QED) is 0.497. The molecule has 0 unspecified atom stereocenters. The topological polar surface area (TPSA) is 153 Å². The molecule has 2 aromatic rings. The SMILES string of the molecule is NS(=O)(=O)c1ccc(CCNc2ccc([N+](=O)[O-])cc2C(=O)O)cc1. The van der Waals surface area contributed by atoms with E-state index in [1.165, 1.54) is 24.3 Å². The molecule has 4 N–H and O–H groups in total. The smallest absolute Gasteiger partial charge is 0.338 e. The van der Waals surface area contributed by atoms with Crippen molar-refractivity contribution in [1.29, 1.82) is 0 Å². The monoisotopic (exact) mass is 365 g/mol. The van der Waals surface area contributed by atoms with Crippen LogP contribution in [0.2, 0.25) is 0 Å². The maximum absolute atomic E-state index is 11.2. The summed E-state index contributed by atoms with van der Waals surface area (Å²) >= 11 is 0. The number of nitrogens with zero attached hydrogens (tertiary/aromatic N) is 1. The molecule has 0 spiro atoms. The van der Waals surface area contributed by atoms with E-state index in [1.54, 1.807) is 12.1 Å². The summed E-state index contributed by atoms with van der Waals surface area (Å²) in [6.07, 6.45) is 0.487. The first-order valence-corrected chi connectivity index (χ1v) is 8.60. The second-order valence-corrected chi connectivity index (χ2v) is 6.72. The largest absolute Gasteiger partial charge is 0.478 e. The number of rotatable bonds is 7. The predicted molar refractivity (Wildman–Crippen MR) is 90.1 cm³/mol. The molecule has 0 saturated heterocycles. The van der Waals surface area contributed by atoms with Crippen LogP contribution in [-0.2, 0) is 16.4 Å². The Morgan fingerprint density at radius 3 is 2.36 bits per heavy atom. The molecule has 132 valence electrons. The number of carboxylic acids is 1. The summed E-state index contributed by atoms with van der Waals surface area (Å²) in [6.45, 7) is 0.354. The summed E-state index contributed by atoms with van der Waals surface area (Å²) in [5.74, 6) is -1.27. The third-order valence-electron chi connectivity index (χ3n) is 3.43. The fourth-order valence-corrected chi connectivity index (χ4v) is 2.68. The van der Waals surface area contributed by atoms with Crippen LogP contribution >= 0.6 is 0 Å².